The fraction of sp³-hybridized carbons (Fsp3) is 0.444. The maximum atomic E-state index is 11.2. The Morgan fingerprint density at radius 3 is 2.27 bits per heavy atom. The molecule has 4 aliphatic rings. The lowest BCUT2D eigenvalue weighted by Crippen LogP contribution is -2.47. The SMILES string of the molecule is OC(c1ccc(OCc2ccc3ccccc3n2)cc1)C1C2CC3CC(C2)CC1C3. The lowest BCUT2D eigenvalue weighted by atomic mass is 9.50. The zero-order valence-corrected chi connectivity index (χ0v) is 17.3. The van der Waals surface area contributed by atoms with Gasteiger partial charge in [0, 0.05) is 5.39 Å². The van der Waals surface area contributed by atoms with Gasteiger partial charge in [-0.15, -0.1) is 0 Å². The third kappa shape index (κ3) is 3.30. The first kappa shape index (κ1) is 18.4. The topological polar surface area (TPSA) is 42.4 Å². The van der Waals surface area contributed by atoms with Crippen LogP contribution in [-0.2, 0) is 6.61 Å². The largest absolute Gasteiger partial charge is 0.487 e. The highest BCUT2D eigenvalue weighted by Crippen LogP contribution is 2.59. The second-order valence-corrected chi connectivity index (χ2v) is 9.81. The second kappa shape index (κ2) is 7.39. The first-order valence-electron chi connectivity index (χ1n) is 11.5. The summed E-state index contributed by atoms with van der Waals surface area (Å²) in [7, 11) is 0. The third-order valence-corrected chi connectivity index (χ3v) is 7.93. The van der Waals surface area contributed by atoms with Crippen molar-refractivity contribution in [2.24, 2.45) is 29.6 Å². The van der Waals surface area contributed by atoms with Crippen molar-refractivity contribution >= 4 is 10.9 Å². The van der Waals surface area contributed by atoms with Gasteiger partial charge in [0.15, 0.2) is 0 Å². The summed E-state index contributed by atoms with van der Waals surface area (Å²) in [6.45, 7) is 0.447. The lowest BCUT2D eigenvalue weighted by molar-refractivity contribution is -0.0908. The van der Waals surface area contributed by atoms with E-state index in [1.54, 1.807) is 0 Å². The summed E-state index contributed by atoms with van der Waals surface area (Å²) in [5.41, 5.74) is 2.96. The predicted octanol–water partition coefficient (Wildman–Crippen LogP) is 5.92. The number of ether oxygens (including phenoxy) is 1. The summed E-state index contributed by atoms with van der Waals surface area (Å²) in [5, 5.41) is 12.3. The van der Waals surface area contributed by atoms with E-state index >= 15 is 0 Å². The van der Waals surface area contributed by atoms with Gasteiger partial charge in [-0.05, 0) is 91.5 Å². The Kier molecular flexibility index (Phi) is 4.53. The number of hydrogen-bond donors (Lipinski definition) is 1. The number of benzene rings is 2. The molecule has 1 atom stereocenters. The number of aliphatic hydroxyl groups is 1. The van der Waals surface area contributed by atoms with E-state index in [4.69, 9.17) is 4.74 Å². The van der Waals surface area contributed by atoms with Gasteiger partial charge in [-0.3, -0.25) is 0 Å². The molecule has 1 unspecified atom stereocenters. The van der Waals surface area contributed by atoms with Crippen molar-refractivity contribution in [3.8, 4) is 5.75 Å². The van der Waals surface area contributed by atoms with Crippen LogP contribution in [-0.4, -0.2) is 10.1 Å². The molecule has 0 saturated heterocycles. The molecule has 1 aromatic heterocycles. The van der Waals surface area contributed by atoms with Crippen LogP contribution in [0.2, 0.25) is 0 Å². The normalized spacial score (nSPS) is 30.5. The molecular formula is C27H29NO2. The van der Waals surface area contributed by atoms with Crippen LogP contribution in [0.25, 0.3) is 10.9 Å². The molecule has 3 heteroatoms. The van der Waals surface area contributed by atoms with E-state index in [2.05, 4.69) is 29.2 Å². The number of nitrogens with zero attached hydrogens (tertiary/aromatic N) is 1. The Labute approximate surface area is 178 Å². The number of para-hydroxylation sites is 1. The van der Waals surface area contributed by atoms with Gasteiger partial charge in [0.1, 0.15) is 12.4 Å². The molecule has 2 aromatic carbocycles. The van der Waals surface area contributed by atoms with Gasteiger partial charge >= 0.3 is 0 Å². The highest BCUT2D eigenvalue weighted by Gasteiger charge is 2.50. The van der Waals surface area contributed by atoms with Crippen molar-refractivity contribution < 1.29 is 9.84 Å². The van der Waals surface area contributed by atoms with Crippen LogP contribution in [0, 0.1) is 29.6 Å². The van der Waals surface area contributed by atoms with Crippen LogP contribution in [0.4, 0.5) is 0 Å². The monoisotopic (exact) mass is 399 g/mol. The summed E-state index contributed by atoms with van der Waals surface area (Å²) in [6, 6.07) is 20.3. The molecule has 4 aliphatic carbocycles. The summed E-state index contributed by atoms with van der Waals surface area (Å²) in [5.74, 6) is 4.61. The standard InChI is InChI=1S/C27H29NO2/c29-27(26-21-12-17-11-18(14-21)15-22(26)13-17)20-6-9-24(10-7-20)30-16-23-8-5-19-3-1-2-4-25(19)28-23/h1-10,17-18,21-22,26-27,29H,11-16H2. The summed E-state index contributed by atoms with van der Waals surface area (Å²) in [6.07, 6.45) is 6.48. The lowest BCUT2D eigenvalue weighted by Gasteiger charge is -2.55. The number of aliphatic hydroxyl groups excluding tert-OH is 1. The van der Waals surface area contributed by atoms with Crippen LogP contribution in [0.15, 0.2) is 60.7 Å². The maximum Gasteiger partial charge on any atom is 0.130 e. The minimum absolute atomic E-state index is 0.337. The van der Waals surface area contributed by atoms with Gasteiger partial charge in [0.05, 0.1) is 17.3 Å². The number of fused-ring (bicyclic) bond motifs is 1. The molecule has 154 valence electrons. The summed E-state index contributed by atoms with van der Waals surface area (Å²) in [4.78, 5) is 4.67. The highest BCUT2D eigenvalue weighted by molar-refractivity contribution is 5.78. The van der Waals surface area contributed by atoms with Crippen molar-refractivity contribution in [1.29, 1.82) is 0 Å². The molecule has 1 heterocycles. The summed E-state index contributed by atoms with van der Waals surface area (Å²) >= 11 is 0. The molecule has 0 spiro atoms. The van der Waals surface area contributed by atoms with Crippen LogP contribution in [0.3, 0.4) is 0 Å². The molecular weight excluding hydrogens is 370 g/mol. The fourth-order valence-corrected chi connectivity index (χ4v) is 6.81. The van der Waals surface area contributed by atoms with E-state index in [1.165, 1.54) is 32.1 Å². The van der Waals surface area contributed by atoms with Crippen LogP contribution in [0.1, 0.15) is 49.5 Å². The van der Waals surface area contributed by atoms with E-state index in [0.717, 1.165) is 51.6 Å². The average Bonchev–Trinajstić information content (AvgIpc) is 2.77. The summed E-state index contributed by atoms with van der Waals surface area (Å²) < 4.78 is 5.97. The highest BCUT2D eigenvalue weighted by atomic mass is 16.5. The van der Waals surface area contributed by atoms with Gasteiger partial charge in [0.25, 0.3) is 0 Å². The van der Waals surface area contributed by atoms with Crippen molar-refractivity contribution in [1.82, 2.24) is 4.98 Å². The zero-order chi connectivity index (χ0) is 20.1. The molecule has 0 radical (unpaired) electrons. The smallest absolute Gasteiger partial charge is 0.130 e. The zero-order valence-electron chi connectivity index (χ0n) is 17.3. The molecule has 0 aliphatic heterocycles. The first-order valence-corrected chi connectivity index (χ1v) is 11.5. The Morgan fingerprint density at radius 1 is 0.833 bits per heavy atom. The van der Waals surface area contributed by atoms with E-state index in [-0.39, 0.29) is 6.10 Å². The molecule has 0 amide bonds. The molecule has 7 rings (SSSR count). The minimum Gasteiger partial charge on any atom is -0.487 e. The molecule has 3 aromatic rings. The van der Waals surface area contributed by atoms with Gasteiger partial charge in [-0.25, -0.2) is 4.98 Å². The van der Waals surface area contributed by atoms with E-state index in [0.29, 0.717) is 12.5 Å². The van der Waals surface area contributed by atoms with Crippen LogP contribution < -0.4 is 4.74 Å². The minimum atomic E-state index is -0.337. The van der Waals surface area contributed by atoms with Gasteiger partial charge in [-0.2, -0.15) is 0 Å². The average molecular weight is 400 g/mol. The molecule has 1 N–H and O–H groups in total. The Hall–Kier alpha value is -2.39. The van der Waals surface area contributed by atoms with Crippen molar-refractivity contribution in [2.75, 3.05) is 0 Å². The Balaban J connectivity index is 1.13. The first-order chi connectivity index (χ1) is 14.7. The van der Waals surface area contributed by atoms with Gasteiger partial charge < -0.3 is 9.84 Å². The molecule has 30 heavy (non-hydrogen) atoms. The van der Waals surface area contributed by atoms with Crippen molar-refractivity contribution in [3.05, 3.63) is 71.9 Å². The Bertz CT molecular complexity index is 1020. The van der Waals surface area contributed by atoms with E-state index in [9.17, 15) is 5.11 Å². The Morgan fingerprint density at radius 2 is 1.53 bits per heavy atom. The van der Waals surface area contributed by atoms with Gasteiger partial charge in [-0.1, -0.05) is 36.4 Å². The van der Waals surface area contributed by atoms with Gasteiger partial charge in [0.2, 0.25) is 0 Å². The van der Waals surface area contributed by atoms with Crippen LogP contribution in [0.5, 0.6) is 5.75 Å². The van der Waals surface area contributed by atoms with Crippen LogP contribution >= 0.6 is 0 Å². The van der Waals surface area contributed by atoms with Crippen molar-refractivity contribution in [2.45, 2.75) is 44.8 Å². The predicted molar refractivity (Wildman–Crippen MR) is 118 cm³/mol. The number of aromatic nitrogens is 1. The molecule has 3 nitrogen and oxygen atoms in total. The molecule has 4 bridgehead atoms. The fourth-order valence-electron chi connectivity index (χ4n) is 6.81. The molecule has 4 fully saturated rings. The quantitative estimate of drug-likeness (QED) is 0.579. The number of hydrogen-bond acceptors (Lipinski definition) is 3. The second-order valence-electron chi connectivity index (χ2n) is 9.81. The third-order valence-electron chi connectivity index (χ3n) is 7.93. The number of rotatable bonds is 5. The van der Waals surface area contributed by atoms with E-state index < -0.39 is 0 Å². The van der Waals surface area contributed by atoms with E-state index in [1.807, 2.05) is 36.4 Å². The maximum absolute atomic E-state index is 11.2. The van der Waals surface area contributed by atoms with Crippen molar-refractivity contribution in [3.63, 3.8) is 0 Å². The molecule has 4 saturated carbocycles. The number of pyridine rings is 1.